The topological polar surface area (TPSA) is 256 Å². The monoisotopic (exact) mass is 735 g/mol. The van der Waals surface area contributed by atoms with Crippen LogP contribution in [0, 0.1) is 6.08 Å². The first-order valence-corrected chi connectivity index (χ1v) is 17.3. The maximum atomic E-state index is 14.6. The van der Waals surface area contributed by atoms with Gasteiger partial charge < -0.3 is 20.1 Å². The molecule has 0 bridgehead atoms. The Bertz CT molecular complexity index is 2340. The van der Waals surface area contributed by atoms with Crippen molar-refractivity contribution in [2.45, 2.75) is 14.7 Å². The number of phenols is 1. The number of rotatable bonds is 10. The van der Waals surface area contributed by atoms with Crippen LogP contribution in [0.1, 0.15) is 0 Å². The number of fused-ring (bicyclic) bond motifs is 2. The predicted molar refractivity (Wildman–Crippen MR) is 170 cm³/mol. The van der Waals surface area contributed by atoms with Gasteiger partial charge in [0.2, 0.25) is 11.9 Å². The second-order valence-electron chi connectivity index (χ2n) is 10.1. The summed E-state index contributed by atoms with van der Waals surface area (Å²) in [4.78, 5) is 11.8. The summed E-state index contributed by atoms with van der Waals surface area (Å²) in [5, 5.41) is 35.0. The van der Waals surface area contributed by atoms with Crippen LogP contribution in [-0.2, 0) is 34.3 Å². The first kappa shape index (κ1) is 34.2. The normalized spacial score (nSPS) is 14.2. The molecule has 1 aliphatic heterocycles. The summed E-state index contributed by atoms with van der Waals surface area (Å²) in [6.45, 7) is 1.35. The third-order valence-electron chi connectivity index (χ3n) is 7.09. The third-order valence-corrected chi connectivity index (χ3v) is 9.48. The van der Waals surface area contributed by atoms with Gasteiger partial charge in [0.25, 0.3) is 20.2 Å². The Morgan fingerprint density at radius 2 is 1.69 bits per heavy atom. The van der Waals surface area contributed by atoms with Gasteiger partial charge in [-0.3, -0.25) is 9.11 Å². The molecule has 0 aliphatic carbocycles. The zero-order valence-corrected chi connectivity index (χ0v) is 26.9. The van der Waals surface area contributed by atoms with E-state index < -0.39 is 53.5 Å². The number of benzene rings is 4. The largest absolute Gasteiger partial charge is 0.505 e. The fourth-order valence-corrected chi connectivity index (χ4v) is 6.90. The van der Waals surface area contributed by atoms with Crippen molar-refractivity contribution in [1.82, 2.24) is 15.0 Å². The minimum atomic E-state index is -4.87. The number of halogens is 1. The van der Waals surface area contributed by atoms with Gasteiger partial charge in [0, 0.05) is 23.9 Å². The van der Waals surface area contributed by atoms with Crippen molar-refractivity contribution < 1.29 is 54.8 Å². The summed E-state index contributed by atoms with van der Waals surface area (Å²) >= 11 is 0.282. The highest BCUT2D eigenvalue weighted by molar-refractivity contribution is 7.94. The van der Waals surface area contributed by atoms with Crippen LogP contribution in [0.3, 0.4) is 0 Å². The minimum absolute atomic E-state index is 0.0582. The SMILES string of the molecule is O=S(=O)(O)c1cc(Nc2nc(F)nc(N3CCOCC3)n2)c2c(O)c(N=Nc3ccc4ccccc4c3S(=O)(=O)O)c(SOOO)cc2c1. The molecule has 1 aliphatic rings. The molecule has 5 N–H and O–H groups in total. The highest BCUT2D eigenvalue weighted by atomic mass is 32.2. The van der Waals surface area contributed by atoms with E-state index in [0.29, 0.717) is 31.7 Å². The maximum absolute atomic E-state index is 14.6. The lowest BCUT2D eigenvalue weighted by Crippen LogP contribution is -2.37. The molecule has 0 spiro atoms. The van der Waals surface area contributed by atoms with Gasteiger partial charge in [-0.05, 0) is 35.0 Å². The van der Waals surface area contributed by atoms with Crippen molar-refractivity contribution in [3.05, 3.63) is 60.7 Å². The van der Waals surface area contributed by atoms with Crippen molar-refractivity contribution >= 4 is 82.8 Å². The summed E-state index contributed by atoms with van der Waals surface area (Å²) in [6, 6.07) is 12.1. The number of ether oxygens (including phenoxy) is 1. The first-order chi connectivity index (χ1) is 23.3. The molecule has 0 amide bonds. The van der Waals surface area contributed by atoms with Crippen LogP contribution in [0.5, 0.6) is 5.75 Å². The van der Waals surface area contributed by atoms with E-state index >= 15 is 0 Å². The van der Waals surface area contributed by atoms with E-state index in [1.165, 1.54) is 24.3 Å². The second-order valence-corrected chi connectivity index (χ2v) is 13.6. The van der Waals surface area contributed by atoms with Crippen molar-refractivity contribution in [1.29, 1.82) is 0 Å². The Labute approximate surface area is 279 Å². The number of azo groups is 1. The van der Waals surface area contributed by atoms with Crippen molar-refractivity contribution in [2.24, 2.45) is 10.2 Å². The molecule has 18 nitrogen and oxygen atoms in total. The number of phenolic OH excluding ortho intramolecular Hbond substituents is 1. The number of hydrogen-bond acceptors (Lipinski definition) is 17. The number of nitrogens with one attached hydrogen (secondary N) is 1. The zero-order valence-electron chi connectivity index (χ0n) is 24.5. The molecule has 1 fully saturated rings. The number of aromatic hydroxyl groups is 1. The fraction of sp³-hybridized carbons (Fsp3) is 0.148. The first-order valence-electron chi connectivity index (χ1n) is 13.7. The van der Waals surface area contributed by atoms with E-state index in [1.54, 1.807) is 23.1 Å². The van der Waals surface area contributed by atoms with Crippen molar-refractivity contribution in [3.8, 4) is 5.75 Å². The second kappa shape index (κ2) is 13.7. The number of aromatic nitrogens is 3. The van der Waals surface area contributed by atoms with Gasteiger partial charge in [0.05, 0.1) is 40.7 Å². The molecule has 22 heteroatoms. The molecule has 49 heavy (non-hydrogen) atoms. The van der Waals surface area contributed by atoms with Crippen LogP contribution < -0.4 is 10.2 Å². The van der Waals surface area contributed by atoms with Crippen LogP contribution in [0.25, 0.3) is 21.5 Å². The van der Waals surface area contributed by atoms with Gasteiger partial charge in [-0.15, -0.1) is 14.6 Å². The zero-order chi connectivity index (χ0) is 34.9. The molecule has 5 aromatic rings. The van der Waals surface area contributed by atoms with Crippen molar-refractivity contribution in [3.63, 3.8) is 0 Å². The molecule has 1 aromatic heterocycles. The number of nitrogens with zero attached hydrogens (tertiary/aromatic N) is 6. The average Bonchev–Trinajstić information content (AvgIpc) is 3.05. The van der Waals surface area contributed by atoms with Crippen LogP contribution in [0.2, 0.25) is 0 Å². The van der Waals surface area contributed by atoms with E-state index in [0.717, 1.165) is 12.1 Å². The number of morpholine rings is 1. The standard InChI is InChI=1S/C27H22FN7O11S3/c28-25-30-26(32-27(31-25)35-7-9-44-10-8-35)29-19-13-16(48(38,39)40)11-15-12-20(47-46-45-37)22(23(36)21(15)19)34-33-18-6-5-14-3-1-2-4-17(14)24(18)49(41,42)43/h1-6,11-13,36-37H,7-10H2,(H,38,39,40)(H,41,42,43)(H,29,30,31,32). The third kappa shape index (κ3) is 7.36. The molecule has 256 valence electrons. The van der Waals surface area contributed by atoms with Gasteiger partial charge in [-0.25, -0.2) is 5.26 Å². The highest BCUT2D eigenvalue weighted by Crippen LogP contribution is 2.48. The Morgan fingerprint density at radius 3 is 2.41 bits per heavy atom. The molecule has 0 atom stereocenters. The van der Waals surface area contributed by atoms with Gasteiger partial charge in [-0.2, -0.15) is 36.2 Å². The van der Waals surface area contributed by atoms with Gasteiger partial charge in [0.15, 0.2) is 5.75 Å². The maximum Gasteiger partial charge on any atom is 0.315 e. The molecule has 4 aromatic carbocycles. The quantitative estimate of drug-likeness (QED) is 0.0418. The Kier molecular flexibility index (Phi) is 9.56. The molecular formula is C27H22FN7O11S3. The van der Waals surface area contributed by atoms with Gasteiger partial charge in [-0.1, -0.05) is 35.4 Å². The van der Waals surface area contributed by atoms with Crippen LogP contribution in [-0.4, -0.2) is 77.6 Å². The van der Waals surface area contributed by atoms with E-state index in [1.807, 2.05) is 0 Å². The van der Waals surface area contributed by atoms with E-state index in [9.17, 15) is 35.4 Å². The van der Waals surface area contributed by atoms with Crippen LogP contribution in [0.4, 0.5) is 33.3 Å². The number of anilines is 3. The molecule has 0 unspecified atom stereocenters. The summed E-state index contributed by atoms with van der Waals surface area (Å²) < 4.78 is 93.6. The summed E-state index contributed by atoms with van der Waals surface area (Å²) in [5.41, 5.74) is -1.02. The minimum Gasteiger partial charge on any atom is -0.505 e. The van der Waals surface area contributed by atoms with Crippen LogP contribution in [0.15, 0.2) is 79.5 Å². The Balaban J connectivity index is 1.54. The summed E-state index contributed by atoms with van der Waals surface area (Å²) in [5.74, 6) is -1.20. The predicted octanol–water partition coefficient (Wildman–Crippen LogP) is 4.94. The van der Waals surface area contributed by atoms with Gasteiger partial charge >= 0.3 is 6.08 Å². The summed E-state index contributed by atoms with van der Waals surface area (Å²) in [6.07, 6.45) is -1.18. The smallest absolute Gasteiger partial charge is 0.315 e. The lowest BCUT2D eigenvalue weighted by Gasteiger charge is -2.26. The highest BCUT2D eigenvalue weighted by Gasteiger charge is 2.24. The lowest BCUT2D eigenvalue weighted by molar-refractivity contribution is -0.432. The molecule has 0 radical (unpaired) electrons. The molecular weight excluding hydrogens is 714 g/mol. The molecule has 1 saturated heterocycles. The summed E-state index contributed by atoms with van der Waals surface area (Å²) in [7, 11) is -9.73. The van der Waals surface area contributed by atoms with Crippen LogP contribution >= 0.6 is 12.0 Å². The average molecular weight is 736 g/mol. The number of hydrogen-bond donors (Lipinski definition) is 5. The van der Waals surface area contributed by atoms with E-state index in [2.05, 4.69) is 39.9 Å². The van der Waals surface area contributed by atoms with E-state index in [-0.39, 0.29) is 50.4 Å². The molecule has 0 saturated carbocycles. The fourth-order valence-electron chi connectivity index (χ4n) is 5.03. The van der Waals surface area contributed by atoms with E-state index in [4.69, 9.17) is 9.99 Å². The lowest BCUT2D eigenvalue weighted by atomic mass is 10.1. The van der Waals surface area contributed by atoms with Crippen molar-refractivity contribution in [2.75, 3.05) is 36.5 Å². The molecule has 6 rings (SSSR count). The Hall–Kier alpha value is -4.65. The van der Waals surface area contributed by atoms with Gasteiger partial charge in [0.1, 0.15) is 16.3 Å². The molecule has 2 heterocycles. The Morgan fingerprint density at radius 1 is 0.939 bits per heavy atom.